The van der Waals surface area contributed by atoms with Crippen molar-refractivity contribution >= 4 is 31.5 Å². The number of sulfonamides is 1. The predicted molar refractivity (Wildman–Crippen MR) is 80.2 cm³/mol. The summed E-state index contributed by atoms with van der Waals surface area (Å²) >= 11 is 5.47. The van der Waals surface area contributed by atoms with Crippen LogP contribution in [0.15, 0.2) is 29.2 Å². The summed E-state index contributed by atoms with van der Waals surface area (Å²) in [4.78, 5) is 0.207. The van der Waals surface area contributed by atoms with Gasteiger partial charge in [-0.25, -0.2) is 21.6 Å². The molecule has 0 aliphatic heterocycles. The van der Waals surface area contributed by atoms with E-state index in [4.69, 9.17) is 11.6 Å². The van der Waals surface area contributed by atoms with Gasteiger partial charge in [0.2, 0.25) is 10.0 Å². The molecule has 1 aromatic carbocycles. The van der Waals surface area contributed by atoms with Crippen molar-refractivity contribution in [2.75, 3.05) is 17.9 Å². The molecule has 0 bridgehead atoms. The summed E-state index contributed by atoms with van der Waals surface area (Å²) in [6, 6.07) is 5.71. The van der Waals surface area contributed by atoms with Crippen LogP contribution in [-0.2, 0) is 19.9 Å². The zero-order valence-electron chi connectivity index (χ0n) is 11.3. The fourth-order valence-corrected chi connectivity index (χ4v) is 3.88. The fraction of sp³-hybridized carbons (Fsp3) is 0.500. The maximum Gasteiger partial charge on any atom is 0.212 e. The van der Waals surface area contributed by atoms with Gasteiger partial charge in [-0.2, -0.15) is 0 Å². The van der Waals surface area contributed by atoms with Crippen molar-refractivity contribution in [1.82, 2.24) is 4.72 Å². The van der Waals surface area contributed by atoms with Gasteiger partial charge >= 0.3 is 0 Å². The van der Waals surface area contributed by atoms with Crippen LogP contribution in [0.5, 0.6) is 0 Å². The van der Waals surface area contributed by atoms with E-state index in [1.54, 1.807) is 19.1 Å². The first-order chi connectivity index (χ1) is 9.15. The number of alkyl halides is 1. The van der Waals surface area contributed by atoms with E-state index in [1.165, 1.54) is 12.1 Å². The van der Waals surface area contributed by atoms with E-state index < -0.39 is 25.9 Å². The number of hydrogen-bond acceptors (Lipinski definition) is 4. The summed E-state index contributed by atoms with van der Waals surface area (Å²) in [5.41, 5.74) is 0.701. The molecule has 0 fully saturated rings. The quantitative estimate of drug-likeness (QED) is 0.767. The summed E-state index contributed by atoms with van der Waals surface area (Å²) in [6.45, 7) is 1.70. The van der Waals surface area contributed by atoms with Crippen LogP contribution < -0.4 is 4.72 Å². The Bertz CT molecular complexity index is 639. The number of rotatable bonds is 7. The summed E-state index contributed by atoms with van der Waals surface area (Å²) < 4.78 is 48.7. The third-order valence-corrected chi connectivity index (χ3v) is 5.65. The van der Waals surface area contributed by atoms with Crippen LogP contribution in [0.3, 0.4) is 0 Å². The molecule has 0 aliphatic carbocycles. The van der Waals surface area contributed by atoms with Crippen molar-refractivity contribution < 1.29 is 16.8 Å². The van der Waals surface area contributed by atoms with Crippen LogP contribution in [0, 0.1) is 0 Å². The van der Waals surface area contributed by atoms with Crippen molar-refractivity contribution in [1.29, 1.82) is 0 Å². The third kappa shape index (κ3) is 5.40. The number of halogens is 1. The fourth-order valence-electron chi connectivity index (χ4n) is 1.64. The van der Waals surface area contributed by atoms with Gasteiger partial charge in [-0.15, -0.1) is 11.6 Å². The largest absolute Gasteiger partial charge is 0.224 e. The molecule has 1 N–H and O–H groups in total. The molecule has 20 heavy (non-hydrogen) atoms. The molecule has 0 spiro atoms. The molecule has 0 heterocycles. The maximum atomic E-state index is 11.7. The molecule has 0 saturated heterocycles. The van der Waals surface area contributed by atoms with E-state index in [2.05, 4.69) is 4.72 Å². The first-order valence-corrected chi connectivity index (χ1v) is 10.1. The van der Waals surface area contributed by atoms with Crippen LogP contribution in [-0.4, -0.2) is 34.7 Å². The van der Waals surface area contributed by atoms with Crippen molar-refractivity contribution in [3.63, 3.8) is 0 Å². The first kappa shape index (κ1) is 17.4. The molecule has 1 rings (SSSR count). The molecular formula is C12H18ClNO4S2. The second-order valence-electron chi connectivity index (χ2n) is 4.54. The molecule has 1 unspecified atom stereocenters. The van der Waals surface area contributed by atoms with Gasteiger partial charge in [0.1, 0.15) is 0 Å². The summed E-state index contributed by atoms with van der Waals surface area (Å²) in [5, 5.41) is 0. The zero-order valence-corrected chi connectivity index (χ0v) is 13.7. The average Bonchev–Trinajstić information content (AvgIpc) is 2.35. The number of sulfone groups is 1. The molecular weight excluding hydrogens is 322 g/mol. The number of nitrogens with one attached hydrogen (secondary N) is 1. The third-order valence-electron chi connectivity index (χ3n) is 2.71. The van der Waals surface area contributed by atoms with Gasteiger partial charge in [-0.1, -0.05) is 12.1 Å². The summed E-state index contributed by atoms with van der Waals surface area (Å²) in [5.74, 6) is 0.264. The van der Waals surface area contributed by atoms with Gasteiger partial charge in [0.05, 0.1) is 10.6 Å². The van der Waals surface area contributed by atoms with Crippen LogP contribution in [0.1, 0.15) is 24.9 Å². The Hall–Kier alpha value is -0.630. The smallest absolute Gasteiger partial charge is 0.212 e. The zero-order chi connectivity index (χ0) is 15.4. The van der Waals surface area contributed by atoms with E-state index in [-0.39, 0.29) is 10.6 Å². The van der Waals surface area contributed by atoms with E-state index >= 15 is 0 Å². The molecule has 5 nitrogen and oxygen atoms in total. The van der Waals surface area contributed by atoms with Gasteiger partial charge in [0, 0.05) is 18.2 Å². The maximum absolute atomic E-state index is 11.7. The first-order valence-electron chi connectivity index (χ1n) is 6.02. The van der Waals surface area contributed by atoms with Crippen LogP contribution in [0.25, 0.3) is 0 Å². The Kier molecular flexibility index (Phi) is 6.00. The Morgan fingerprint density at radius 2 is 1.70 bits per heavy atom. The number of benzene rings is 1. The lowest BCUT2D eigenvalue weighted by molar-refractivity contribution is 0.565. The highest BCUT2D eigenvalue weighted by atomic mass is 35.5. The number of hydrogen-bond donors (Lipinski definition) is 1. The van der Waals surface area contributed by atoms with Crippen LogP contribution >= 0.6 is 11.6 Å². The lowest BCUT2D eigenvalue weighted by Gasteiger charge is -2.14. The molecule has 0 amide bonds. The molecule has 1 aromatic rings. The molecule has 0 aliphatic rings. The summed E-state index contributed by atoms with van der Waals surface area (Å²) in [6.07, 6.45) is 1.51. The molecule has 1 atom stereocenters. The van der Waals surface area contributed by atoms with E-state index in [0.717, 1.165) is 6.26 Å². The molecule has 0 aromatic heterocycles. The van der Waals surface area contributed by atoms with E-state index in [1.807, 2.05) is 0 Å². The van der Waals surface area contributed by atoms with Crippen molar-refractivity contribution in [3.05, 3.63) is 29.8 Å². The van der Waals surface area contributed by atoms with Gasteiger partial charge in [-0.05, 0) is 31.0 Å². The van der Waals surface area contributed by atoms with Crippen LogP contribution in [0.4, 0.5) is 0 Å². The highest BCUT2D eigenvalue weighted by molar-refractivity contribution is 7.90. The minimum absolute atomic E-state index is 0.0255. The average molecular weight is 340 g/mol. The van der Waals surface area contributed by atoms with Gasteiger partial charge in [0.25, 0.3) is 0 Å². The Balaban J connectivity index is 2.81. The summed E-state index contributed by atoms with van der Waals surface area (Å²) in [7, 11) is -6.63. The highest BCUT2D eigenvalue weighted by Gasteiger charge is 2.16. The standard InChI is InChI=1S/C12H18ClNO4S2/c1-10(14-20(17,18)9-3-8-13)11-4-6-12(7-5-11)19(2,15)16/h4-7,10,14H,3,8-9H2,1-2H3. The van der Waals surface area contributed by atoms with Crippen molar-refractivity contribution in [2.45, 2.75) is 24.3 Å². The molecule has 0 saturated carbocycles. The van der Waals surface area contributed by atoms with E-state index in [0.29, 0.717) is 17.9 Å². The molecule has 114 valence electrons. The second kappa shape index (κ2) is 6.89. The minimum Gasteiger partial charge on any atom is -0.224 e. The Morgan fingerprint density at radius 1 is 1.15 bits per heavy atom. The Labute approximate surface area is 125 Å². The van der Waals surface area contributed by atoms with Gasteiger partial charge in [-0.3, -0.25) is 0 Å². The highest BCUT2D eigenvalue weighted by Crippen LogP contribution is 2.17. The lowest BCUT2D eigenvalue weighted by Crippen LogP contribution is -2.29. The van der Waals surface area contributed by atoms with Crippen LogP contribution in [0.2, 0.25) is 0 Å². The minimum atomic E-state index is -3.38. The lowest BCUT2D eigenvalue weighted by atomic mass is 10.1. The Morgan fingerprint density at radius 3 is 2.15 bits per heavy atom. The topological polar surface area (TPSA) is 80.3 Å². The SMILES string of the molecule is CC(NS(=O)(=O)CCCCl)c1ccc(S(C)(=O)=O)cc1. The molecule has 0 radical (unpaired) electrons. The van der Waals surface area contributed by atoms with Crippen molar-refractivity contribution in [3.8, 4) is 0 Å². The van der Waals surface area contributed by atoms with Crippen molar-refractivity contribution in [2.24, 2.45) is 0 Å². The predicted octanol–water partition coefficient (Wildman–Crippen LogP) is 1.70. The van der Waals surface area contributed by atoms with E-state index in [9.17, 15) is 16.8 Å². The monoisotopic (exact) mass is 339 g/mol. The molecule has 8 heteroatoms. The second-order valence-corrected chi connectivity index (χ2v) is 8.81. The van der Waals surface area contributed by atoms with Gasteiger partial charge < -0.3 is 0 Å². The van der Waals surface area contributed by atoms with Gasteiger partial charge in [0.15, 0.2) is 9.84 Å². The normalized spacial score (nSPS) is 14.2.